The van der Waals surface area contributed by atoms with E-state index in [2.05, 4.69) is 15.5 Å². The highest BCUT2D eigenvalue weighted by Crippen LogP contribution is 2.31. The summed E-state index contributed by atoms with van der Waals surface area (Å²) in [6.07, 6.45) is 2.54. The number of anilines is 2. The van der Waals surface area contributed by atoms with Crippen LogP contribution in [0.25, 0.3) is 0 Å². The highest BCUT2D eigenvalue weighted by Gasteiger charge is 2.22. The molecule has 0 unspecified atom stereocenters. The Kier molecular flexibility index (Phi) is 6.54. The van der Waals surface area contributed by atoms with Crippen LogP contribution in [-0.4, -0.2) is 43.5 Å². The normalized spacial score (nSPS) is 13.8. The molecule has 2 N–H and O–H groups in total. The van der Waals surface area contributed by atoms with Gasteiger partial charge in [0.2, 0.25) is 5.91 Å². The molecular weight excluding hydrogens is 374 g/mol. The van der Waals surface area contributed by atoms with Gasteiger partial charge in [-0.3, -0.25) is 9.59 Å². The van der Waals surface area contributed by atoms with Gasteiger partial charge in [0.15, 0.2) is 5.76 Å². The fraction of sp³-hybridized carbons (Fsp3) is 0.381. The Bertz CT molecular complexity index is 878. The van der Waals surface area contributed by atoms with Gasteiger partial charge < -0.3 is 24.7 Å². The summed E-state index contributed by atoms with van der Waals surface area (Å²) in [4.78, 5) is 37.9. The van der Waals surface area contributed by atoms with Crippen LogP contribution in [0.2, 0.25) is 0 Å². The first-order chi connectivity index (χ1) is 14.0. The predicted molar refractivity (Wildman–Crippen MR) is 108 cm³/mol. The third-order valence-corrected chi connectivity index (χ3v) is 4.80. The van der Waals surface area contributed by atoms with E-state index in [9.17, 15) is 14.4 Å². The van der Waals surface area contributed by atoms with E-state index in [1.807, 2.05) is 25.1 Å². The van der Waals surface area contributed by atoms with Gasteiger partial charge in [0.1, 0.15) is 12.6 Å². The lowest BCUT2D eigenvalue weighted by Crippen LogP contribution is -2.40. The molecule has 1 aliphatic heterocycles. The van der Waals surface area contributed by atoms with Crippen molar-refractivity contribution in [1.29, 1.82) is 0 Å². The number of rotatable bonds is 8. The number of hydrogen-bond acceptors (Lipinski definition) is 6. The second-order valence-electron chi connectivity index (χ2n) is 6.77. The minimum absolute atomic E-state index is 0.0252. The molecule has 0 fully saturated rings. The number of furan rings is 1. The van der Waals surface area contributed by atoms with Crippen LogP contribution >= 0.6 is 0 Å². The highest BCUT2D eigenvalue weighted by molar-refractivity contribution is 5.95. The Morgan fingerprint density at radius 3 is 2.83 bits per heavy atom. The summed E-state index contributed by atoms with van der Waals surface area (Å²) in [6, 6.07) is 8.14. The molecule has 3 rings (SSSR count). The smallest absolute Gasteiger partial charge is 0.328 e. The topological polar surface area (TPSA) is 101 Å². The zero-order valence-electron chi connectivity index (χ0n) is 16.6. The molecule has 1 aromatic carbocycles. The number of nitrogens with one attached hydrogen (secondary N) is 2. The van der Waals surface area contributed by atoms with Crippen molar-refractivity contribution in [2.24, 2.45) is 0 Å². The van der Waals surface area contributed by atoms with Crippen LogP contribution in [-0.2, 0) is 20.7 Å². The first-order valence-corrected chi connectivity index (χ1v) is 9.67. The molecule has 29 heavy (non-hydrogen) atoms. The molecule has 0 spiro atoms. The fourth-order valence-corrected chi connectivity index (χ4v) is 3.27. The molecule has 1 atom stereocenters. The van der Waals surface area contributed by atoms with Gasteiger partial charge in [-0.15, -0.1) is 0 Å². The molecule has 2 amide bonds. The number of likely N-dealkylation sites (N-methyl/N-ethyl adjacent to an activating group) is 1. The Morgan fingerprint density at radius 1 is 1.28 bits per heavy atom. The first-order valence-electron chi connectivity index (χ1n) is 9.67. The number of hydrogen-bond donors (Lipinski definition) is 2. The third kappa shape index (κ3) is 4.96. The summed E-state index contributed by atoms with van der Waals surface area (Å²) in [5, 5.41) is 5.45. The van der Waals surface area contributed by atoms with Gasteiger partial charge in [-0.05, 0) is 50.1 Å². The van der Waals surface area contributed by atoms with Crippen LogP contribution in [0.4, 0.5) is 11.4 Å². The molecule has 0 aliphatic carbocycles. The maximum atomic E-state index is 12.2. The number of esters is 1. The van der Waals surface area contributed by atoms with E-state index in [0.29, 0.717) is 19.4 Å². The highest BCUT2D eigenvalue weighted by atomic mass is 16.5. The van der Waals surface area contributed by atoms with Gasteiger partial charge in [-0.1, -0.05) is 6.07 Å². The number of amides is 2. The molecule has 1 aliphatic rings. The number of nitrogens with zero attached hydrogens (tertiary/aromatic N) is 1. The van der Waals surface area contributed by atoms with Crippen molar-refractivity contribution in [2.45, 2.75) is 32.7 Å². The maximum Gasteiger partial charge on any atom is 0.328 e. The summed E-state index contributed by atoms with van der Waals surface area (Å²) >= 11 is 0. The van der Waals surface area contributed by atoms with Gasteiger partial charge in [0.25, 0.3) is 5.91 Å². The third-order valence-electron chi connectivity index (χ3n) is 4.80. The molecule has 8 nitrogen and oxygen atoms in total. The zero-order chi connectivity index (χ0) is 20.8. The number of carbonyl (C=O) groups excluding carboxylic acids is 3. The average Bonchev–Trinajstić information content (AvgIpc) is 3.25. The minimum atomic E-state index is -0.789. The van der Waals surface area contributed by atoms with Gasteiger partial charge in [0, 0.05) is 24.3 Å². The van der Waals surface area contributed by atoms with Crippen LogP contribution in [0.3, 0.4) is 0 Å². The second kappa shape index (κ2) is 9.27. The Labute approximate surface area is 169 Å². The predicted octanol–water partition coefficient (Wildman–Crippen LogP) is 2.35. The van der Waals surface area contributed by atoms with Crippen molar-refractivity contribution in [3.63, 3.8) is 0 Å². The van der Waals surface area contributed by atoms with Gasteiger partial charge in [-0.2, -0.15) is 0 Å². The molecule has 0 saturated carbocycles. The molecule has 2 aromatic rings. The summed E-state index contributed by atoms with van der Waals surface area (Å²) in [6.45, 7) is 5.01. The molecule has 0 radical (unpaired) electrons. The van der Waals surface area contributed by atoms with Crippen molar-refractivity contribution in [3.05, 3.63) is 47.9 Å². The standard InChI is InChI=1S/C21H25N3O5/c1-3-24(17-7-4-6-16-15(17)9-10-19(25)23-16)11-13-29-21(27)14(2)22-20(26)18-8-5-12-28-18/h4-8,12,14H,3,9-11,13H2,1-2H3,(H,22,26)(H,23,25)/t14-/m0/s1. The first kappa shape index (κ1) is 20.4. The van der Waals surface area contributed by atoms with E-state index < -0.39 is 17.9 Å². The van der Waals surface area contributed by atoms with Crippen LogP contribution in [0, 0.1) is 0 Å². The number of fused-ring (bicyclic) bond motifs is 1. The van der Waals surface area contributed by atoms with Crippen molar-refractivity contribution < 1.29 is 23.5 Å². The van der Waals surface area contributed by atoms with Crippen molar-refractivity contribution >= 4 is 29.2 Å². The number of carbonyl (C=O) groups is 3. The Balaban J connectivity index is 1.53. The molecule has 0 bridgehead atoms. The molecule has 2 heterocycles. The van der Waals surface area contributed by atoms with E-state index in [1.165, 1.54) is 12.3 Å². The average molecular weight is 399 g/mol. The van der Waals surface area contributed by atoms with Crippen molar-refractivity contribution in [1.82, 2.24) is 5.32 Å². The molecule has 1 aromatic heterocycles. The van der Waals surface area contributed by atoms with Crippen molar-refractivity contribution in [2.75, 3.05) is 29.9 Å². The minimum Gasteiger partial charge on any atom is -0.462 e. The van der Waals surface area contributed by atoms with Crippen LogP contribution < -0.4 is 15.5 Å². The summed E-state index contributed by atoms with van der Waals surface area (Å²) in [5.41, 5.74) is 2.96. The molecular formula is C21H25N3O5. The monoisotopic (exact) mass is 399 g/mol. The van der Waals surface area contributed by atoms with Crippen LogP contribution in [0.15, 0.2) is 41.0 Å². The quantitative estimate of drug-likeness (QED) is 0.661. The lowest BCUT2D eigenvalue weighted by molar-refractivity contribution is -0.145. The van der Waals surface area contributed by atoms with Gasteiger partial charge in [-0.25, -0.2) is 4.79 Å². The maximum absolute atomic E-state index is 12.2. The van der Waals surface area contributed by atoms with Gasteiger partial charge in [0.05, 0.1) is 12.8 Å². The van der Waals surface area contributed by atoms with Gasteiger partial charge >= 0.3 is 5.97 Å². The van der Waals surface area contributed by atoms with Crippen molar-refractivity contribution in [3.8, 4) is 0 Å². The number of benzene rings is 1. The lowest BCUT2D eigenvalue weighted by Gasteiger charge is -2.29. The van der Waals surface area contributed by atoms with Crippen LogP contribution in [0.1, 0.15) is 36.4 Å². The molecule has 154 valence electrons. The van der Waals surface area contributed by atoms with Crippen LogP contribution in [0.5, 0.6) is 0 Å². The Morgan fingerprint density at radius 2 is 2.10 bits per heavy atom. The van der Waals surface area contributed by atoms with E-state index in [-0.39, 0.29) is 18.3 Å². The summed E-state index contributed by atoms with van der Waals surface area (Å²) in [7, 11) is 0. The summed E-state index contributed by atoms with van der Waals surface area (Å²) < 4.78 is 10.3. The zero-order valence-corrected chi connectivity index (χ0v) is 16.6. The fourth-order valence-electron chi connectivity index (χ4n) is 3.27. The molecule has 8 heteroatoms. The van der Waals surface area contributed by atoms with E-state index in [0.717, 1.165) is 23.5 Å². The largest absolute Gasteiger partial charge is 0.462 e. The van der Waals surface area contributed by atoms with E-state index in [1.54, 1.807) is 13.0 Å². The summed E-state index contributed by atoms with van der Waals surface area (Å²) in [5.74, 6) is -0.809. The lowest BCUT2D eigenvalue weighted by atomic mass is 10.00. The number of ether oxygens (including phenoxy) is 1. The van der Waals surface area contributed by atoms with E-state index in [4.69, 9.17) is 9.15 Å². The SMILES string of the molecule is CCN(CCOC(=O)[C@H](C)NC(=O)c1ccco1)c1cccc2c1CCC(=O)N2. The Hall–Kier alpha value is -3.29. The second-order valence-corrected chi connectivity index (χ2v) is 6.77. The van der Waals surface area contributed by atoms with E-state index >= 15 is 0 Å². The molecule has 0 saturated heterocycles.